The van der Waals surface area contributed by atoms with E-state index >= 15 is 0 Å². The smallest absolute Gasteiger partial charge is 0.155 e. The van der Waals surface area contributed by atoms with Crippen LogP contribution in [0.5, 0.6) is 11.5 Å². The van der Waals surface area contributed by atoms with Crippen LogP contribution in [0.1, 0.15) is 11.7 Å². The average molecular weight is 285 g/mol. The van der Waals surface area contributed by atoms with Gasteiger partial charge in [-0.2, -0.15) is 0 Å². The molecule has 1 heterocycles. The highest BCUT2D eigenvalue weighted by Crippen LogP contribution is 2.32. The Morgan fingerprint density at radius 3 is 2.57 bits per heavy atom. The minimum absolute atomic E-state index is 0.132. The van der Waals surface area contributed by atoms with Crippen LogP contribution < -0.4 is 10.1 Å². The maximum Gasteiger partial charge on any atom is 0.155 e. The first kappa shape index (κ1) is 13.9. The molecule has 1 aliphatic heterocycles. The monoisotopic (exact) mass is 285 g/mol. The Morgan fingerprint density at radius 1 is 1.10 bits per heavy atom. The summed E-state index contributed by atoms with van der Waals surface area (Å²) >= 11 is 0. The summed E-state index contributed by atoms with van der Waals surface area (Å²) in [5.74, 6) is 0.993. The molecular formula is C17H19NO3. The van der Waals surface area contributed by atoms with Crippen molar-refractivity contribution in [2.24, 2.45) is 0 Å². The number of phenols is 1. The number of aromatic hydroxyl groups is 1. The van der Waals surface area contributed by atoms with Crippen LogP contribution in [0.2, 0.25) is 0 Å². The van der Waals surface area contributed by atoms with Crippen molar-refractivity contribution in [3.8, 4) is 11.5 Å². The second kappa shape index (κ2) is 6.61. The van der Waals surface area contributed by atoms with E-state index in [1.807, 2.05) is 42.5 Å². The van der Waals surface area contributed by atoms with Crippen molar-refractivity contribution in [2.75, 3.05) is 19.7 Å². The molecule has 4 heteroatoms. The zero-order valence-corrected chi connectivity index (χ0v) is 11.7. The summed E-state index contributed by atoms with van der Waals surface area (Å²) in [7, 11) is 0. The number of rotatable bonds is 4. The maximum atomic E-state index is 10.1. The molecule has 3 rings (SSSR count). The molecule has 1 aliphatic rings. The standard InChI is InChI=1S/C17H19NO3/c19-15-9-5-4-8-14(15)17(16-12-18-10-11-20-16)21-13-6-2-1-3-7-13/h1-9,16-19H,10-12H2. The van der Waals surface area contributed by atoms with E-state index in [1.165, 1.54) is 0 Å². The fourth-order valence-electron chi connectivity index (χ4n) is 2.49. The van der Waals surface area contributed by atoms with E-state index in [2.05, 4.69) is 5.32 Å². The topological polar surface area (TPSA) is 50.7 Å². The fraction of sp³-hybridized carbons (Fsp3) is 0.294. The maximum absolute atomic E-state index is 10.1. The third kappa shape index (κ3) is 3.35. The zero-order valence-electron chi connectivity index (χ0n) is 11.7. The van der Waals surface area contributed by atoms with Crippen molar-refractivity contribution in [3.05, 3.63) is 60.2 Å². The normalized spacial score (nSPS) is 19.9. The Labute approximate surface area is 124 Å². The van der Waals surface area contributed by atoms with E-state index in [0.717, 1.165) is 17.9 Å². The van der Waals surface area contributed by atoms with Crippen molar-refractivity contribution >= 4 is 0 Å². The molecule has 0 spiro atoms. The molecule has 1 fully saturated rings. The van der Waals surface area contributed by atoms with Gasteiger partial charge in [0.25, 0.3) is 0 Å². The Kier molecular flexibility index (Phi) is 4.38. The van der Waals surface area contributed by atoms with E-state index in [4.69, 9.17) is 9.47 Å². The molecule has 4 nitrogen and oxygen atoms in total. The van der Waals surface area contributed by atoms with Gasteiger partial charge in [-0.3, -0.25) is 0 Å². The molecule has 0 aromatic heterocycles. The van der Waals surface area contributed by atoms with Gasteiger partial charge in [-0.25, -0.2) is 0 Å². The van der Waals surface area contributed by atoms with E-state index in [9.17, 15) is 5.11 Å². The summed E-state index contributed by atoms with van der Waals surface area (Å²) in [6.45, 7) is 2.19. The van der Waals surface area contributed by atoms with E-state index < -0.39 is 0 Å². The lowest BCUT2D eigenvalue weighted by Crippen LogP contribution is -2.43. The van der Waals surface area contributed by atoms with Crippen LogP contribution in [0, 0.1) is 0 Å². The lowest BCUT2D eigenvalue weighted by Gasteiger charge is -2.31. The Balaban J connectivity index is 1.89. The number of nitrogens with one attached hydrogen (secondary N) is 1. The number of ether oxygens (including phenoxy) is 2. The summed E-state index contributed by atoms with van der Waals surface area (Å²) in [6, 6.07) is 16.9. The largest absolute Gasteiger partial charge is 0.508 e. The summed E-state index contributed by atoms with van der Waals surface area (Å²) in [5, 5.41) is 13.4. The van der Waals surface area contributed by atoms with Gasteiger partial charge in [0.15, 0.2) is 6.10 Å². The fourth-order valence-corrected chi connectivity index (χ4v) is 2.49. The van der Waals surface area contributed by atoms with E-state index in [1.54, 1.807) is 12.1 Å². The predicted octanol–water partition coefficient (Wildman–Crippen LogP) is 2.50. The lowest BCUT2D eigenvalue weighted by atomic mass is 10.0. The number of phenolic OH excluding ortho intramolecular Hbond substituents is 1. The van der Waals surface area contributed by atoms with Crippen LogP contribution >= 0.6 is 0 Å². The van der Waals surface area contributed by atoms with Crippen molar-refractivity contribution in [3.63, 3.8) is 0 Å². The number of hydrogen-bond donors (Lipinski definition) is 2. The molecule has 21 heavy (non-hydrogen) atoms. The molecule has 0 bridgehead atoms. The van der Waals surface area contributed by atoms with E-state index in [0.29, 0.717) is 13.2 Å². The molecule has 2 unspecified atom stereocenters. The van der Waals surface area contributed by atoms with Crippen molar-refractivity contribution in [1.29, 1.82) is 0 Å². The molecule has 2 aromatic carbocycles. The molecule has 0 aliphatic carbocycles. The molecule has 110 valence electrons. The van der Waals surface area contributed by atoms with Crippen LogP contribution in [0.4, 0.5) is 0 Å². The summed E-state index contributed by atoms with van der Waals surface area (Å²) in [6.07, 6.45) is -0.478. The Morgan fingerprint density at radius 2 is 1.86 bits per heavy atom. The van der Waals surface area contributed by atoms with Gasteiger partial charge < -0.3 is 19.9 Å². The van der Waals surface area contributed by atoms with Crippen molar-refractivity contribution in [1.82, 2.24) is 5.32 Å². The van der Waals surface area contributed by atoms with E-state index in [-0.39, 0.29) is 18.0 Å². The molecule has 0 amide bonds. The zero-order chi connectivity index (χ0) is 14.5. The molecule has 0 saturated carbocycles. The third-order valence-electron chi connectivity index (χ3n) is 3.54. The number of benzene rings is 2. The van der Waals surface area contributed by atoms with Gasteiger partial charge in [-0.05, 0) is 18.2 Å². The second-order valence-corrected chi connectivity index (χ2v) is 5.02. The highest BCUT2D eigenvalue weighted by atomic mass is 16.5. The van der Waals surface area contributed by atoms with Gasteiger partial charge in [0, 0.05) is 18.7 Å². The average Bonchev–Trinajstić information content (AvgIpc) is 2.55. The summed E-state index contributed by atoms with van der Waals surface area (Å²) in [4.78, 5) is 0. The predicted molar refractivity (Wildman–Crippen MR) is 80.5 cm³/mol. The molecule has 0 radical (unpaired) electrons. The number of hydrogen-bond acceptors (Lipinski definition) is 4. The highest BCUT2D eigenvalue weighted by molar-refractivity contribution is 5.36. The SMILES string of the molecule is Oc1ccccc1C(Oc1ccccc1)C1CNCCO1. The molecular weight excluding hydrogens is 266 g/mol. The summed E-state index contributed by atoms with van der Waals surface area (Å²) in [5.41, 5.74) is 0.745. The minimum atomic E-state index is -0.346. The minimum Gasteiger partial charge on any atom is -0.508 e. The Hall–Kier alpha value is -2.04. The van der Waals surface area contributed by atoms with Gasteiger partial charge in [0.2, 0.25) is 0 Å². The first-order chi connectivity index (χ1) is 10.3. The van der Waals surface area contributed by atoms with Crippen molar-refractivity contribution in [2.45, 2.75) is 12.2 Å². The van der Waals surface area contributed by atoms with Gasteiger partial charge in [0.1, 0.15) is 17.6 Å². The van der Waals surface area contributed by atoms with Gasteiger partial charge in [-0.1, -0.05) is 36.4 Å². The first-order valence-electron chi connectivity index (χ1n) is 7.16. The van der Waals surface area contributed by atoms with Crippen LogP contribution in [-0.2, 0) is 4.74 Å². The second-order valence-electron chi connectivity index (χ2n) is 5.02. The van der Waals surface area contributed by atoms with Gasteiger partial charge in [0.05, 0.1) is 6.61 Å². The number of morpholine rings is 1. The first-order valence-corrected chi connectivity index (χ1v) is 7.16. The van der Waals surface area contributed by atoms with Gasteiger partial charge in [-0.15, -0.1) is 0 Å². The highest BCUT2D eigenvalue weighted by Gasteiger charge is 2.29. The van der Waals surface area contributed by atoms with Crippen LogP contribution in [0.3, 0.4) is 0 Å². The van der Waals surface area contributed by atoms with Crippen LogP contribution in [-0.4, -0.2) is 30.9 Å². The molecule has 2 atom stereocenters. The quantitative estimate of drug-likeness (QED) is 0.906. The Bertz CT molecular complexity index is 567. The molecule has 1 saturated heterocycles. The molecule has 2 aromatic rings. The number of para-hydroxylation sites is 2. The summed E-state index contributed by atoms with van der Waals surface area (Å²) < 4.78 is 11.9. The third-order valence-corrected chi connectivity index (χ3v) is 3.54. The van der Waals surface area contributed by atoms with Crippen LogP contribution in [0.25, 0.3) is 0 Å². The lowest BCUT2D eigenvalue weighted by molar-refractivity contribution is -0.0438. The van der Waals surface area contributed by atoms with Crippen molar-refractivity contribution < 1.29 is 14.6 Å². The molecule has 2 N–H and O–H groups in total. The van der Waals surface area contributed by atoms with Gasteiger partial charge >= 0.3 is 0 Å². The van der Waals surface area contributed by atoms with Crippen LogP contribution in [0.15, 0.2) is 54.6 Å².